The number of amides is 1. The predicted octanol–water partition coefficient (Wildman–Crippen LogP) is 3.77. The fourth-order valence-corrected chi connectivity index (χ4v) is 3.19. The van der Waals surface area contributed by atoms with E-state index in [-0.39, 0.29) is 0 Å². The SMILES string of the molecule is CC(C)CCC(=O)N1CCC(c2ccc3cccnc3n2)CC1. The zero-order chi connectivity index (χ0) is 16.2. The van der Waals surface area contributed by atoms with Crippen molar-refractivity contribution in [2.45, 2.75) is 45.4 Å². The van der Waals surface area contributed by atoms with Gasteiger partial charge in [0, 0.05) is 42.7 Å². The maximum Gasteiger partial charge on any atom is 0.222 e. The summed E-state index contributed by atoms with van der Waals surface area (Å²) >= 11 is 0. The highest BCUT2D eigenvalue weighted by molar-refractivity contribution is 5.76. The second-order valence-corrected chi connectivity index (χ2v) is 6.87. The summed E-state index contributed by atoms with van der Waals surface area (Å²) in [5, 5.41) is 1.08. The molecule has 0 saturated carbocycles. The number of aromatic nitrogens is 2. The highest BCUT2D eigenvalue weighted by Gasteiger charge is 2.24. The monoisotopic (exact) mass is 311 g/mol. The van der Waals surface area contributed by atoms with Crippen LogP contribution in [0.2, 0.25) is 0 Å². The molecule has 1 aliphatic rings. The molecule has 122 valence electrons. The van der Waals surface area contributed by atoms with Gasteiger partial charge in [0.25, 0.3) is 0 Å². The van der Waals surface area contributed by atoms with Crippen molar-refractivity contribution in [2.24, 2.45) is 5.92 Å². The molecule has 23 heavy (non-hydrogen) atoms. The molecule has 1 saturated heterocycles. The molecule has 0 unspecified atom stereocenters. The van der Waals surface area contributed by atoms with E-state index in [9.17, 15) is 4.79 Å². The molecule has 1 amide bonds. The van der Waals surface area contributed by atoms with Crippen LogP contribution in [0.1, 0.15) is 51.1 Å². The molecule has 2 aromatic rings. The van der Waals surface area contributed by atoms with Crippen molar-refractivity contribution in [3.05, 3.63) is 36.2 Å². The summed E-state index contributed by atoms with van der Waals surface area (Å²) in [6.07, 6.45) is 5.45. The fraction of sp³-hybridized carbons (Fsp3) is 0.526. The Bertz CT molecular complexity index is 675. The van der Waals surface area contributed by atoms with E-state index in [1.807, 2.05) is 17.0 Å². The lowest BCUT2D eigenvalue weighted by Crippen LogP contribution is -2.38. The van der Waals surface area contributed by atoms with Gasteiger partial charge >= 0.3 is 0 Å². The first-order valence-electron chi connectivity index (χ1n) is 8.63. The fourth-order valence-electron chi connectivity index (χ4n) is 3.19. The van der Waals surface area contributed by atoms with E-state index in [4.69, 9.17) is 4.98 Å². The van der Waals surface area contributed by atoms with Crippen molar-refractivity contribution in [1.82, 2.24) is 14.9 Å². The maximum atomic E-state index is 12.2. The summed E-state index contributed by atoms with van der Waals surface area (Å²) in [6, 6.07) is 8.19. The number of hydrogen-bond acceptors (Lipinski definition) is 3. The normalized spacial score (nSPS) is 16.2. The largest absolute Gasteiger partial charge is 0.343 e. The van der Waals surface area contributed by atoms with Crippen molar-refractivity contribution in [2.75, 3.05) is 13.1 Å². The minimum Gasteiger partial charge on any atom is -0.343 e. The molecular formula is C19H25N3O. The molecule has 0 atom stereocenters. The van der Waals surface area contributed by atoms with Gasteiger partial charge in [-0.05, 0) is 49.4 Å². The van der Waals surface area contributed by atoms with Gasteiger partial charge in [0.2, 0.25) is 5.91 Å². The van der Waals surface area contributed by atoms with E-state index in [1.165, 1.54) is 0 Å². The Morgan fingerprint density at radius 2 is 2.04 bits per heavy atom. The number of pyridine rings is 2. The molecule has 4 heteroatoms. The Morgan fingerprint density at radius 3 is 2.78 bits per heavy atom. The lowest BCUT2D eigenvalue weighted by Gasteiger charge is -2.32. The van der Waals surface area contributed by atoms with E-state index < -0.39 is 0 Å². The molecule has 3 rings (SSSR count). The first-order valence-corrected chi connectivity index (χ1v) is 8.63. The third-order valence-electron chi connectivity index (χ3n) is 4.69. The lowest BCUT2D eigenvalue weighted by molar-refractivity contribution is -0.132. The third kappa shape index (κ3) is 3.87. The second kappa shape index (κ2) is 7.07. The van der Waals surface area contributed by atoms with Gasteiger partial charge < -0.3 is 4.90 Å². The number of rotatable bonds is 4. The number of nitrogens with zero attached hydrogens (tertiary/aromatic N) is 3. The van der Waals surface area contributed by atoms with Crippen LogP contribution in [0.5, 0.6) is 0 Å². The van der Waals surface area contributed by atoms with Crippen molar-refractivity contribution >= 4 is 16.9 Å². The summed E-state index contributed by atoms with van der Waals surface area (Å²) in [6.45, 7) is 6.03. The number of carbonyl (C=O) groups excluding carboxylic acids is 1. The van der Waals surface area contributed by atoms with Crippen LogP contribution in [0.25, 0.3) is 11.0 Å². The van der Waals surface area contributed by atoms with Gasteiger partial charge in [0.1, 0.15) is 0 Å². The maximum absolute atomic E-state index is 12.2. The van der Waals surface area contributed by atoms with Crippen molar-refractivity contribution in [3.63, 3.8) is 0 Å². The molecule has 0 aliphatic carbocycles. The number of piperidine rings is 1. The Kier molecular flexibility index (Phi) is 4.89. The first-order chi connectivity index (χ1) is 11.1. The van der Waals surface area contributed by atoms with Gasteiger partial charge in [-0.25, -0.2) is 9.97 Å². The van der Waals surface area contributed by atoms with Gasteiger partial charge in [-0.2, -0.15) is 0 Å². The summed E-state index contributed by atoms with van der Waals surface area (Å²) in [5.74, 6) is 1.34. The van der Waals surface area contributed by atoms with Crippen molar-refractivity contribution < 1.29 is 4.79 Å². The molecule has 0 spiro atoms. The summed E-state index contributed by atoms with van der Waals surface area (Å²) < 4.78 is 0. The molecular weight excluding hydrogens is 286 g/mol. The molecule has 2 aromatic heterocycles. The van der Waals surface area contributed by atoms with Crippen LogP contribution in [0.3, 0.4) is 0 Å². The van der Waals surface area contributed by atoms with Crippen LogP contribution >= 0.6 is 0 Å². The number of likely N-dealkylation sites (tertiary alicyclic amines) is 1. The van der Waals surface area contributed by atoms with E-state index in [0.717, 1.165) is 49.1 Å². The van der Waals surface area contributed by atoms with Crippen LogP contribution in [-0.2, 0) is 4.79 Å². The molecule has 3 heterocycles. The Labute approximate surface area is 137 Å². The topological polar surface area (TPSA) is 46.1 Å². The molecule has 0 aromatic carbocycles. The quantitative estimate of drug-likeness (QED) is 0.863. The Hall–Kier alpha value is -1.97. The van der Waals surface area contributed by atoms with E-state index in [1.54, 1.807) is 6.20 Å². The van der Waals surface area contributed by atoms with E-state index in [2.05, 4.69) is 31.0 Å². The zero-order valence-electron chi connectivity index (χ0n) is 14.0. The summed E-state index contributed by atoms with van der Waals surface area (Å²) in [7, 11) is 0. The minimum atomic E-state index is 0.310. The molecule has 1 fully saturated rings. The molecule has 1 aliphatic heterocycles. The molecule has 4 nitrogen and oxygen atoms in total. The average molecular weight is 311 g/mol. The second-order valence-electron chi connectivity index (χ2n) is 6.87. The average Bonchev–Trinajstić information content (AvgIpc) is 2.59. The summed E-state index contributed by atoms with van der Waals surface area (Å²) in [4.78, 5) is 23.3. The molecule has 0 N–H and O–H groups in total. The van der Waals surface area contributed by atoms with Crippen LogP contribution in [-0.4, -0.2) is 33.9 Å². The van der Waals surface area contributed by atoms with Crippen LogP contribution in [0.15, 0.2) is 30.5 Å². The van der Waals surface area contributed by atoms with E-state index >= 15 is 0 Å². The number of fused-ring (bicyclic) bond motifs is 1. The van der Waals surface area contributed by atoms with Crippen molar-refractivity contribution in [1.29, 1.82) is 0 Å². The zero-order valence-corrected chi connectivity index (χ0v) is 14.0. The predicted molar refractivity (Wildman–Crippen MR) is 92.2 cm³/mol. The van der Waals surface area contributed by atoms with E-state index in [0.29, 0.717) is 24.2 Å². The highest BCUT2D eigenvalue weighted by Crippen LogP contribution is 2.28. The Morgan fingerprint density at radius 1 is 1.26 bits per heavy atom. The third-order valence-corrected chi connectivity index (χ3v) is 4.69. The van der Waals surface area contributed by atoms with Gasteiger partial charge in [0.15, 0.2) is 5.65 Å². The van der Waals surface area contributed by atoms with Crippen LogP contribution in [0, 0.1) is 5.92 Å². The number of hydrogen-bond donors (Lipinski definition) is 0. The smallest absolute Gasteiger partial charge is 0.222 e. The lowest BCUT2D eigenvalue weighted by atomic mass is 9.92. The van der Waals surface area contributed by atoms with Gasteiger partial charge in [-0.3, -0.25) is 4.79 Å². The minimum absolute atomic E-state index is 0.310. The molecule has 0 radical (unpaired) electrons. The standard InChI is InChI=1S/C19H25N3O/c1-14(2)5-8-18(23)22-12-9-15(10-13-22)17-7-6-16-4-3-11-20-19(16)21-17/h3-4,6-7,11,14-15H,5,8-10,12-13H2,1-2H3. The highest BCUT2D eigenvalue weighted by atomic mass is 16.2. The van der Waals surface area contributed by atoms with Gasteiger partial charge in [0.05, 0.1) is 0 Å². The molecule has 0 bridgehead atoms. The summed E-state index contributed by atoms with van der Waals surface area (Å²) in [5.41, 5.74) is 1.94. The van der Waals surface area contributed by atoms with Crippen LogP contribution in [0.4, 0.5) is 0 Å². The van der Waals surface area contributed by atoms with Gasteiger partial charge in [-0.1, -0.05) is 13.8 Å². The van der Waals surface area contributed by atoms with Gasteiger partial charge in [-0.15, -0.1) is 0 Å². The van der Waals surface area contributed by atoms with Crippen molar-refractivity contribution in [3.8, 4) is 0 Å². The number of carbonyl (C=O) groups is 1. The Balaban J connectivity index is 1.60. The first kappa shape index (κ1) is 15.9. The van der Waals surface area contributed by atoms with Crippen LogP contribution < -0.4 is 0 Å².